The maximum Gasteiger partial charge on any atom is 0.251 e. The fourth-order valence-corrected chi connectivity index (χ4v) is 2.65. The average molecular weight is 378 g/mol. The number of quaternary nitrogens is 1. The molecule has 4 nitrogen and oxygen atoms in total. The average Bonchev–Trinajstić information content (AvgIpc) is 2.55. The SMILES string of the molecule is COc1ccc([C@@H](CNC(=O)c2ccc(Br)cc2)[NH+](C)C)cc1. The van der Waals surface area contributed by atoms with Crippen LogP contribution in [0.1, 0.15) is 22.0 Å². The van der Waals surface area contributed by atoms with Gasteiger partial charge in [-0.05, 0) is 48.5 Å². The van der Waals surface area contributed by atoms with Gasteiger partial charge in [-0.25, -0.2) is 0 Å². The number of methoxy groups -OCH3 is 1. The molecule has 0 aliphatic rings. The van der Waals surface area contributed by atoms with Crippen molar-refractivity contribution in [3.8, 4) is 5.75 Å². The van der Waals surface area contributed by atoms with E-state index in [-0.39, 0.29) is 11.9 Å². The molecular weight excluding hydrogens is 356 g/mol. The van der Waals surface area contributed by atoms with Crippen LogP contribution in [0.3, 0.4) is 0 Å². The number of hydrogen-bond donors (Lipinski definition) is 2. The van der Waals surface area contributed by atoms with Gasteiger partial charge < -0.3 is 15.0 Å². The van der Waals surface area contributed by atoms with Gasteiger partial charge in [0.25, 0.3) is 5.91 Å². The Kier molecular flexibility index (Phi) is 6.19. The molecule has 1 atom stereocenters. The zero-order valence-electron chi connectivity index (χ0n) is 13.6. The largest absolute Gasteiger partial charge is 0.497 e. The van der Waals surface area contributed by atoms with Crippen LogP contribution in [0.4, 0.5) is 0 Å². The van der Waals surface area contributed by atoms with Crippen LogP contribution >= 0.6 is 15.9 Å². The quantitative estimate of drug-likeness (QED) is 0.809. The molecule has 0 heterocycles. The molecule has 0 radical (unpaired) electrons. The van der Waals surface area contributed by atoms with Crippen molar-refractivity contribution < 1.29 is 14.4 Å². The van der Waals surface area contributed by atoms with Crippen molar-refractivity contribution in [1.82, 2.24) is 5.32 Å². The second-order valence-corrected chi connectivity index (χ2v) is 6.54. The number of halogens is 1. The van der Waals surface area contributed by atoms with Crippen molar-refractivity contribution in [3.63, 3.8) is 0 Å². The summed E-state index contributed by atoms with van der Waals surface area (Å²) in [5.74, 6) is 0.775. The van der Waals surface area contributed by atoms with E-state index in [1.165, 1.54) is 10.5 Å². The zero-order chi connectivity index (χ0) is 16.8. The normalized spacial score (nSPS) is 12.0. The van der Waals surface area contributed by atoms with Crippen molar-refractivity contribution in [2.45, 2.75) is 6.04 Å². The molecule has 0 saturated carbocycles. The van der Waals surface area contributed by atoms with E-state index in [9.17, 15) is 4.79 Å². The Morgan fingerprint density at radius 3 is 2.26 bits per heavy atom. The topological polar surface area (TPSA) is 42.8 Å². The highest BCUT2D eigenvalue weighted by Crippen LogP contribution is 2.16. The van der Waals surface area contributed by atoms with Gasteiger partial charge in [-0.3, -0.25) is 4.79 Å². The van der Waals surface area contributed by atoms with Crippen LogP contribution in [-0.4, -0.2) is 33.7 Å². The smallest absolute Gasteiger partial charge is 0.251 e. The first-order valence-electron chi connectivity index (χ1n) is 7.49. The number of nitrogens with one attached hydrogen (secondary N) is 2. The Balaban J connectivity index is 2.04. The molecule has 0 fully saturated rings. The van der Waals surface area contributed by atoms with Gasteiger partial charge >= 0.3 is 0 Å². The number of benzene rings is 2. The highest BCUT2D eigenvalue weighted by atomic mass is 79.9. The molecule has 0 bridgehead atoms. The molecule has 2 aromatic rings. The summed E-state index contributed by atoms with van der Waals surface area (Å²) in [5, 5.41) is 3.02. The summed E-state index contributed by atoms with van der Waals surface area (Å²) in [5.41, 5.74) is 1.83. The minimum Gasteiger partial charge on any atom is -0.497 e. The van der Waals surface area contributed by atoms with Crippen LogP contribution in [0, 0.1) is 0 Å². The molecule has 2 rings (SSSR count). The number of amides is 1. The fourth-order valence-electron chi connectivity index (χ4n) is 2.39. The van der Waals surface area contributed by atoms with Crippen molar-refractivity contribution in [2.24, 2.45) is 0 Å². The van der Waals surface area contributed by atoms with E-state index in [2.05, 4.69) is 35.3 Å². The van der Waals surface area contributed by atoms with E-state index >= 15 is 0 Å². The molecule has 0 spiro atoms. The summed E-state index contributed by atoms with van der Waals surface area (Å²) < 4.78 is 6.16. The number of hydrogen-bond acceptors (Lipinski definition) is 2. The predicted octanol–water partition coefficient (Wildman–Crippen LogP) is 2.07. The fraction of sp³-hybridized carbons (Fsp3) is 0.278. The maximum atomic E-state index is 12.3. The molecule has 2 N–H and O–H groups in total. The van der Waals surface area contributed by atoms with Gasteiger partial charge in [0.2, 0.25) is 0 Å². The number of carbonyl (C=O) groups is 1. The van der Waals surface area contributed by atoms with E-state index in [0.717, 1.165) is 10.2 Å². The first-order valence-corrected chi connectivity index (χ1v) is 8.28. The molecule has 0 aliphatic carbocycles. The summed E-state index contributed by atoms with van der Waals surface area (Å²) >= 11 is 3.37. The molecule has 0 saturated heterocycles. The third kappa shape index (κ3) is 4.81. The standard InChI is InChI=1S/C18H21BrN2O2/c1-21(2)17(13-6-10-16(23-3)11-7-13)12-20-18(22)14-4-8-15(19)9-5-14/h4-11,17H,12H2,1-3H3,(H,20,22)/p+1/t17-/m1/s1. The molecule has 5 heteroatoms. The molecular formula is C18H22BrN2O2+. The molecule has 0 aliphatic heterocycles. The summed E-state index contributed by atoms with van der Waals surface area (Å²) in [6, 6.07) is 15.5. The van der Waals surface area contributed by atoms with E-state index in [4.69, 9.17) is 4.74 Å². The van der Waals surface area contributed by atoms with E-state index < -0.39 is 0 Å². The van der Waals surface area contributed by atoms with Crippen molar-refractivity contribution in [1.29, 1.82) is 0 Å². The van der Waals surface area contributed by atoms with Crippen LogP contribution in [0.5, 0.6) is 5.75 Å². The summed E-state index contributed by atoms with van der Waals surface area (Å²) in [6.07, 6.45) is 0. The Labute approximate surface area is 145 Å². The van der Waals surface area contributed by atoms with Crippen molar-refractivity contribution in [3.05, 3.63) is 64.1 Å². The highest BCUT2D eigenvalue weighted by Gasteiger charge is 2.19. The minimum atomic E-state index is -0.0581. The summed E-state index contributed by atoms with van der Waals surface area (Å²) in [4.78, 5) is 13.5. The molecule has 122 valence electrons. The Morgan fingerprint density at radius 2 is 1.74 bits per heavy atom. The van der Waals surface area contributed by atoms with Crippen LogP contribution in [-0.2, 0) is 0 Å². The zero-order valence-corrected chi connectivity index (χ0v) is 15.2. The van der Waals surface area contributed by atoms with Gasteiger partial charge in [-0.1, -0.05) is 15.9 Å². The lowest BCUT2D eigenvalue weighted by molar-refractivity contribution is -0.890. The summed E-state index contributed by atoms with van der Waals surface area (Å²) in [7, 11) is 5.82. The van der Waals surface area contributed by atoms with E-state index in [0.29, 0.717) is 12.1 Å². The maximum absolute atomic E-state index is 12.3. The first-order chi connectivity index (χ1) is 11.0. The van der Waals surface area contributed by atoms with Gasteiger partial charge in [-0.15, -0.1) is 0 Å². The lowest BCUT2D eigenvalue weighted by atomic mass is 10.1. The third-order valence-corrected chi connectivity index (χ3v) is 4.32. The van der Waals surface area contributed by atoms with Gasteiger partial charge in [0.05, 0.1) is 27.7 Å². The number of ether oxygens (including phenoxy) is 1. The first kappa shape index (κ1) is 17.5. The Bertz CT molecular complexity index is 639. The lowest BCUT2D eigenvalue weighted by Gasteiger charge is -2.22. The van der Waals surface area contributed by atoms with Crippen LogP contribution in [0.25, 0.3) is 0 Å². The van der Waals surface area contributed by atoms with Gasteiger partial charge in [0.1, 0.15) is 11.8 Å². The number of rotatable bonds is 6. The lowest BCUT2D eigenvalue weighted by Crippen LogP contribution is -3.07. The van der Waals surface area contributed by atoms with Crippen LogP contribution in [0.2, 0.25) is 0 Å². The molecule has 0 unspecified atom stereocenters. The second-order valence-electron chi connectivity index (χ2n) is 5.62. The molecule has 1 amide bonds. The summed E-state index contributed by atoms with van der Waals surface area (Å²) in [6.45, 7) is 0.573. The van der Waals surface area contributed by atoms with Crippen LogP contribution < -0.4 is 15.0 Å². The van der Waals surface area contributed by atoms with Crippen molar-refractivity contribution in [2.75, 3.05) is 27.7 Å². The number of carbonyl (C=O) groups excluding carboxylic acids is 1. The molecule has 0 aromatic heterocycles. The van der Waals surface area contributed by atoms with Gasteiger partial charge in [-0.2, -0.15) is 0 Å². The Hall–Kier alpha value is -1.85. The minimum absolute atomic E-state index is 0.0581. The predicted molar refractivity (Wildman–Crippen MR) is 95.0 cm³/mol. The monoisotopic (exact) mass is 377 g/mol. The molecule has 23 heavy (non-hydrogen) atoms. The van der Waals surface area contributed by atoms with E-state index in [1.807, 2.05) is 48.5 Å². The van der Waals surface area contributed by atoms with E-state index in [1.54, 1.807) is 7.11 Å². The van der Waals surface area contributed by atoms with Crippen molar-refractivity contribution >= 4 is 21.8 Å². The number of likely N-dealkylation sites (N-methyl/N-ethyl adjacent to an activating group) is 1. The third-order valence-electron chi connectivity index (χ3n) is 3.79. The van der Waals surface area contributed by atoms with Crippen LogP contribution in [0.15, 0.2) is 53.0 Å². The second kappa shape index (κ2) is 8.13. The van der Waals surface area contributed by atoms with Gasteiger partial charge in [0.15, 0.2) is 0 Å². The molecule has 2 aromatic carbocycles. The highest BCUT2D eigenvalue weighted by molar-refractivity contribution is 9.10. The Morgan fingerprint density at radius 1 is 1.13 bits per heavy atom. The van der Waals surface area contributed by atoms with Gasteiger partial charge in [0, 0.05) is 15.6 Å².